The molecule has 0 unspecified atom stereocenters. The Morgan fingerprint density at radius 2 is 1.70 bits per heavy atom. The summed E-state index contributed by atoms with van der Waals surface area (Å²) in [6, 6.07) is 22.8. The Kier molecular flexibility index (Phi) is 5.11. The van der Waals surface area contributed by atoms with Gasteiger partial charge >= 0.3 is 0 Å². The quantitative estimate of drug-likeness (QED) is 0.645. The lowest BCUT2D eigenvalue weighted by atomic mass is 9.87. The van der Waals surface area contributed by atoms with Crippen molar-refractivity contribution in [3.63, 3.8) is 0 Å². The summed E-state index contributed by atoms with van der Waals surface area (Å²) in [4.78, 5) is 13.3. The molecule has 1 atom stereocenters. The fraction of sp³-hybridized carbons (Fsp3) is 0.240. The summed E-state index contributed by atoms with van der Waals surface area (Å²) in [5.41, 5.74) is 2.42. The van der Waals surface area contributed by atoms with E-state index in [0.717, 1.165) is 36.3 Å². The second-order valence-corrected chi connectivity index (χ2v) is 7.57. The Labute approximate surface area is 175 Å². The van der Waals surface area contributed by atoms with E-state index in [9.17, 15) is 4.79 Å². The average molecular weight is 401 g/mol. The normalized spacial score (nSPS) is 17.5. The van der Waals surface area contributed by atoms with E-state index in [1.54, 1.807) is 0 Å². The van der Waals surface area contributed by atoms with Crippen LogP contribution in [-0.2, 0) is 9.53 Å². The third kappa shape index (κ3) is 3.76. The van der Waals surface area contributed by atoms with Gasteiger partial charge in [-0.3, -0.25) is 4.79 Å². The highest BCUT2D eigenvalue weighted by Crippen LogP contribution is 2.44. The number of nitrogens with one attached hydrogen (secondary N) is 1. The number of ether oxygens (including phenoxy) is 3. The molecule has 2 aliphatic heterocycles. The van der Waals surface area contributed by atoms with Crippen LogP contribution in [0.4, 0.5) is 5.69 Å². The second-order valence-electron chi connectivity index (χ2n) is 7.57. The maximum atomic E-state index is 13.3. The fourth-order valence-electron chi connectivity index (χ4n) is 4.04. The topological polar surface area (TPSA) is 56.8 Å². The number of benzene rings is 3. The fourth-order valence-corrected chi connectivity index (χ4v) is 4.04. The SMILES string of the molecule is O=C(Nc1cccc(OC[C@H]2CCCO2)c1)C1c2ccccc2Oc2ccccc21. The number of rotatable bonds is 5. The Morgan fingerprint density at radius 3 is 2.40 bits per heavy atom. The van der Waals surface area contributed by atoms with Gasteiger partial charge in [-0.05, 0) is 37.1 Å². The van der Waals surface area contributed by atoms with Crippen molar-refractivity contribution in [1.29, 1.82) is 0 Å². The summed E-state index contributed by atoms with van der Waals surface area (Å²) < 4.78 is 17.5. The van der Waals surface area contributed by atoms with Crippen molar-refractivity contribution < 1.29 is 19.0 Å². The van der Waals surface area contributed by atoms with Gasteiger partial charge in [0.15, 0.2) is 0 Å². The largest absolute Gasteiger partial charge is 0.491 e. The van der Waals surface area contributed by atoms with Gasteiger partial charge in [-0.1, -0.05) is 42.5 Å². The van der Waals surface area contributed by atoms with E-state index < -0.39 is 5.92 Å². The minimum atomic E-state index is -0.442. The number of anilines is 1. The summed E-state index contributed by atoms with van der Waals surface area (Å²) in [6.07, 6.45) is 2.26. The number of hydrogen-bond donors (Lipinski definition) is 1. The minimum Gasteiger partial charge on any atom is -0.491 e. The maximum absolute atomic E-state index is 13.3. The molecule has 1 N–H and O–H groups in total. The predicted octanol–water partition coefficient (Wildman–Crippen LogP) is 5.12. The zero-order chi connectivity index (χ0) is 20.3. The molecule has 5 nitrogen and oxygen atoms in total. The third-order valence-corrected chi connectivity index (χ3v) is 5.50. The monoisotopic (exact) mass is 401 g/mol. The molecule has 1 saturated heterocycles. The van der Waals surface area contributed by atoms with E-state index in [4.69, 9.17) is 14.2 Å². The third-order valence-electron chi connectivity index (χ3n) is 5.50. The molecular formula is C25H23NO4. The molecule has 3 aromatic rings. The summed E-state index contributed by atoms with van der Waals surface area (Å²) >= 11 is 0. The Balaban J connectivity index is 1.36. The van der Waals surface area contributed by atoms with Crippen LogP contribution >= 0.6 is 0 Å². The van der Waals surface area contributed by atoms with E-state index in [1.165, 1.54) is 0 Å². The van der Waals surface area contributed by atoms with Crippen LogP contribution in [0.2, 0.25) is 0 Å². The number of carbonyl (C=O) groups is 1. The van der Waals surface area contributed by atoms with Crippen LogP contribution in [0.15, 0.2) is 72.8 Å². The summed E-state index contributed by atoms with van der Waals surface area (Å²) in [5, 5.41) is 3.06. The number of hydrogen-bond acceptors (Lipinski definition) is 4. The van der Waals surface area contributed by atoms with Crippen LogP contribution < -0.4 is 14.8 Å². The van der Waals surface area contributed by atoms with Gasteiger partial charge < -0.3 is 19.5 Å². The van der Waals surface area contributed by atoms with E-state index >= 15 is 0 Å². The first kappa shape index (κ1) is 18.7. The van der Waals surface area contributed by atoms with Gasteiger partial charge in [-0.2, -0.15) is 0 Å². The first-order valence-corrected chi connectivity index (χ1v) is 10.3. The smallest absolute Gasteiger partial charge is 0.236 e. The van der Waals surface area contributed by atoms with Gasteiger partial charge in [0.1, 0.15) is 23.9 Å². The van der Waals surface area contributed by atoms with E-state index in [-0.39, 0.29) is 12.0 Å². The number of fused-ring (bicyclic) bond motifs is 2. The Morgan fingerprint density at radius 1 is 0.967 bits per heavy atom. The lowest BCUT2D eigenvalue weighted by Crippen LogP contribution is -2.25. The van der Waals surface area contributed by atoms with Gasteiger partial charge in [-0.25, -0.2) is 0 Å². The van der Waals surface area contributed by atoms with Gasteiger partial charge in [0.05, 0.1) is 12.0 Å². The molecule has 2 heterocycles. The van der Waals surface area contributed by atoms with Gasteiger partial charge in [-0.15, -0.1) is 0 Å². The lowest BCUT2D eigenvalue weighted by Gasteiger charge is -2.27. The molecule has 1 amide bonds. The molecule has 0 radical (unpaired) electrons. The number of para-hydroxylation sites is 2. The van der Waals surface area contributed by atoms with Crippen molar-refractivity contribution in [1.82, 2.24) is 0 Å². The molecule has 0 spiro atoms. The molecule has 5 heteroatoms. The first-order valence-electron chi connectivity index (χ1n) is 10.3. The molecular weight excluding hydrogens is 378 g/mol. The average Bonchev–Trinajstić information content (AvgIpc) is 3.30. The Hall–Kier alpha value is -3.31. The molecule has 0 saturated carbocycles. The van der Waals surface area contributed by atoms with Crippen molar-refractivity contribution >= 4 is 11.6 Å². The highest BCUT2D eigenvalue weighted by atomic mass is 16.5. The van der Waals surface area contributed by atoms with Crippen LogP contribution in [0.3, 0.4) is 0 Å². The number of carbonyl (C=O) groups excluding carboxylic acids is 1. The highest BCUT2D eigenvalue weighted by molar-refractivity contribution is 5.99. The predicted molar refractivity (Wildman–Crippen MR) is 114 cm³/mol. The summed E-state index contributed by atoms with van der Waals surface area (Å²) in [7, 11) is 0. The molecule has 30 heavy (non-hydrogen) atoms. The van der Waals surface area contributed by atoms with Gasteiger partial charge in [0.25, 0.3) is 0 Å². The van der Waals surface area contributed by atoms with Gasteiger partial charge in [0.2, 0.25) is 5.91 Å². The summed E-state index contributed by atoms with van der Waals surface area (Å²) in [6.45, 7) is 1.33. The molecule has 1 fully saturated rings. The van der Waals surface area contributed by atoms with E-state index in [0.29, 0.717) is 23.8 Å². The molecule has 2 aliphatic rings. The van der Waals surface area contributed by atoms with Crippen molar-refractivity contribution in [2.45, 2.75) is 24.9 Å². The molecule has 5 rings (SSSR count). The zero-order valence-corrected chi connectivity index (χ0v) is 16.5. The van der Waals surface area contributed by atoms with Crippen molar-refractivity contribution in [2.24, 2.45) is 0 Å². The van der Waals surface area contributed by atoms with Crippen LogP contribution in [-0.4, -0.2) is 25.2 Å². The molecule has 0 aromatic heterocycles. The highest BCUT2D eigenvalue weighted by Gasteiger charge is 2.32. The number of amides is 1. The van der Waals surface area contributed by atoms with E-state index in [2.05, 4.69) is 5.32 Å². The molecule has 0 aliphatic carbocycles. The van der Waals surface area contributed by atoms with Crippen LogP contribution in [0.1, 0.15) is 29.9 Å². The van der Waals surface area contributed by atoms with Crippen molar-refractivity contribution in [2.75, 3.05) is 18.5 Å². The van der Waals surface area contributed by atoms with Crippen LogP contribution in [0.5, 0.6) is 17.2 Å². The van der Waals surface area contributed by atoms with Crippen molar-refractivity contribution in [3.05, 3.63) is 83.9 Å². The molecule has 0 bridgehead atoms. The second kappa shape index (κ2) is 8.20. The van der Waals surface area contributed by atoms with E-state index in [1.807, 2.05) is 72.8 Å². The molecule has 152 valence electrons. The minimum absolute atomic E-state index is 0.102. The summed E-state index contributed by atoms with van der Waals surface area (Å²) in [5.74, 6) is 1.60. The maximum Gasteiger partial charge on any atom is 0.236 e. The van der Waals surface area contributed by atoms with Gasteiger partial charge in [0, 0.05) is 29.5 Å². The molecule has 3 aromatic carbocycles. The lowest BCUT2D eigenvalue weighted by molar-refractivity contribution is -0.116. The zero-order valence-electron chi connectivity index (χ0n) is 16.5. The Bertz CT molecular complexity index is 1010. The van der Waals surface area contributed by atoms with Crippen LogP contribution in [0, 0.1) is 0 Å². The standard InChI is InChI=1S/C25H23NO4/c27-25(26-17-7-5-8-18(15-17)29-16-19-9-6-14-28-19)24-20-10-1-3-12-22(20)30-23-13-4-2-11-21(23)24/h1-5,7-8,10-13,15,19,24H,6,9,14,16H2,(H,26,27)/t19-/m1/s1. The van der Waals surface area contributed by atoms with Crippen LogP contribution in [0.25, 0.3) is 0 Å². The first-order chi connectivity index (χ1) is 14.8. The van der Waals surface area contributed by atoms with Crippen molar-refractivity contribution in [3.8, 4) is 17.2 Å².